The van der Waals surface area contributed by atoms with Gasteiger partial charge in [0.2, 0.25) is 10.0 Å². The Hall–Kier alpha value is -3.51. The molecule has 0 saturated carbocycles. The Bertz CT molecular complexity index is 1360. The van der Waals surface area contributed by atoms with Gasteiger partial charge in [0.15, 0.2) is 29.6 Å². The average Bonchev–Trinajstić information content (AvgIpc) is 2.86. The van der Waals surface area contributed by atoms with Gasteiger partial charge in [0.1, 0.15) is 30.2 Å². The van der Waals surface area contributed by atoms with Crippen LogP contribution in [-0.4, -0.2) is 78.0 Å². The Morgan fingerprint density at radius 2 is 1.67 bits per heavy atom. The van der Waals surface area contributed by atoms with E-state index in [2.05, 4.69) is 9.71 Å². The number of hydrogen-bond donors (Lipinski definition) is 7. The molecular weight excluding hydrogens is 546 g/mol. The second kappa shape index (κ2) is 12.1. The summed E-state index contributed by atoms with van der Waals surface area (Å²) in [6.45, 7) is 0.789. The van der Waals surface area contributed by atoms with Crippen molar-refractivity contribution in [1.82, 2.24) is 4.72 Å². The van der Waals surface area contributed by atoms with Crippen LogP contribution in [0, 0.1) is 11.6 Å². The van der Waals surface area contributed by atoms with Crippen LogP contribution in [0.25, 0.3) is 6.08 Å². The van der Waals surface area contributed by atoms with Crippen molar-refractivity contribution in [3.8, 4) is 11.5 Å². The van der Waals surface area contributed by atoms with Gasteiger partial charge in [0.05, 0.1) is 4.90 Å². The van der Waals surface area contributed by atoms with Crippen molar-refractivity contribution in [3.63, 3.8) is 0 Å². The summed E-state index contributed by atoms with van der Waals surface area (Å²) in [5.74, 6) is -4.38. The molecule has 212 valence electrons. The zero-order valence-corrected chi connectivity index (χ0v) is 21.0. The van der Waals surface area contributed by atoms with Gasteiger partial charge in [-0.05, 0) is 55.0 Å². The van der Waals surface area contributed by atoms with Crippen molar-refractivity contribution < 1.29 is 51.9 Å². The minimum Gasteiger partial charge on any atom is -0.451 e. The normalized spacial score (nSPS) is 23.8. The molecule has 5 atom stereocenters. The highest BCUT2D eigenvalue weighted by Crippen LogP contribution is 2.30. The van der Waals surface area contributed by atoms with Gasteiger partial charge in [0, 0.05) is 12.1 Å². The second-order valence-electron chi connectivity index (χ2n) is 8.45. The van der Waals surface area contributed by atoms with Crippen LogP contribution in [0.4, 0.5) is 8.78 Å². The molecule has 1 aliphatic heterocycles. The molecule has 16 heteroatoms. The average molecular weight is 573 g/mol. The maximum absolute atomic E-state index is 14.6. The van der Waals surface area contributed by atoms with E-state index in [0.29, 0.717) is 0 Å². The van der Waals surface area contributed by atoms with E-state index in [1.807, 2.05) is 0 Å². The number of ether oxygens (including phenoxy) is 2. The monoisotopic (exact) mass is 572 g/mol. The zero-order valence-electron chi connectivity index (χ0n) is 20.2. The van der Waals surface area contributed by atoms with Gasteiger partial charge in [-0.3, -0.25) is 4.79 Å². The van der Waals surface area contributed by atoms with Gasteiger partial charge >= 0.3 is 0 Å². The summed E-state index contributed by atoms with van der Waals surface area (Å²) in [5, 5.41) is 38.7. The van der Waals surface area contributed by atoms with Crippen molar-refractivity contribution in [2.75, 3.05) is 6.54 Å². The second-order valence-corrected chi connectivity index (χ2v) is 10.2. The SMILES string of the molecule is C/C(=C\c1cc(F)c(Oc2ccc(S(=O)(=O)NC[C@H]3OC(O)[C@H](O)[C@@H](O)[C@@H]3O)cc2)c(F)c1)C(=O)N=C(N)N. The predicted molar refractivity (Wildman–Crippen MR) is 131 cm³/mol. The van der Waals surface area contributed by atoms with Crippen LogP contribution in [0.2, 0.25) is 0 Å². The first-order chi connectivity index (χ1) is 18.2. The molecule has 0 bridgehead atoms. The lowest BCUT2D eigenvalue weighted by molar-refractivity contribution is -0.279. The Morgan fingerprint density at radius 1 is 1.08 bits per heavy atom. The molecule has 1 aliphatic rings. The molecule has 1 saturated heterocycles. The molecule has 1 unspecified atom stereocenters. The summed E-state index contributed by atoms with van der Waals surface area (Å²) >= 11 is 0. The number of nitrogens with zero attached hydrogens (tertiary/aromatic N) is 1. The summed E-state index contributed by atoms with van der Waals surface area (Å²) in [4.78, 5) is 14.8. The molecule has 0 aromatic heterocycles. The molecular formula is C23H26F2N4O9S. The number of guanidine groups is 1. The van der Waals surface area contributed by atoms with Crippen LogP contribution in [0.5, 0.6) is 11.5 Å². The van der Waals surface area contributed by atoms with Gasteiger partial charge < -0.3 is 41.4 Å². The number of sulfonamides is 1. The number of aliphatic hydroxyl groups excluding tert-OH is 4. The van der Waals surface area contributed by atoms with Gasteiger partial charge in [-0.25, -0.2) is 21.9 Å². The summed E-state index contributed by atoms with van der Waals surface area (Å²) in [6, 6.07) is 6.23. The van der Waals surface area contributed by atoms with Crippen molar-refractivity contribution in [2.24, 2.45) is 16.5 Å². The third-order valence-corrected chi connectivity index (χ3v) is 6.93. The lowest BCUT2D eigenvalue weighted by Crippen LogP contribution is -2.59. The Kier molecular flexibility index (Phi) is 9.34. The third-order valence-electron chi connectivity index (χ3n) is 5.49. The molecule has 2 aromatic carbocycles. The number of hydrogen-bond acceptors (Lipinski definition) is 9. The molecule has 39 heavy (non-hydrogen) atoms. The van der Waals surface area contributed by atoms with Crippen LogP contribution in [0.3, 0.4) is 0 Å². The third kappa shape index (κ3) is 7.33. The number of rotatable bonds is 8. The van der Waals surface area contributed by atoms with Gasteiger partial charge in [-0.15, -0.1) is 0 Å². The van der Waals surface area contributed by atoms with Crippen molar-refractivity contribution in [2.45, 2.75) is 42.5 Å². The summed E-state index contributed by atoms with van der Waals surface area (Å²) in [5.41, 5.74) is 10.3. The van der Waals surface area contributed by atoms with Crippen molar-refractivity contribution in [1.29, 1.82) is 0 Å². The molecule has 0 spiro atoms. The Labute approximate surface area is 221 Å². The number of benzene rings is 2. The highest BCUT2D eigenvalue weighted by Gasteiger charge is 2.43. The number of halogens is 2. The maximum atomic E-state index is 14.6. The molecule has 0 radical (unpaired) electrons. The van der Waals surface area contributed by atoms with Crippen LogP contribution >= 0.6 is 0 Å². The summed E-state index contributed by atoms with van der Waals surface area (Å²) < 4.78 is 66.6. The fourth-order valence-electron chi connectivity index (χ4n) is 3.46. The largest absolute Gasteiger partial charge is 0.451 e. The molecule has 13 nitrogen and oxygen atoms in total. The quantitative estimate of drug-likeness (QED) is 0.116. The molecule has 9 N–H and O–H groups in total. The summed E-state index contributed by atoms with van der Waals surface area (Å²) in [7, 11) is -4.20. The highest BCUT2D eigenvalue weighted by molar-refractivity contribution is 7.89. The first kappa shape index (κ1) is 30.0. The number of nitrogens with two attached hydrogens (primary N) is 2. The predicted octanol–water partition coefficient (Wildman–Crippen LogP) is -0.961. The molecule has 3 rings (SSSR count). The fraction of sp³-hybridized carbons (Fsp3) is 0.304. The summed E-state index contributed by atoms with van der Waals surface area (Å²) in [6.07, 6.45) is -7.26. The van der Waals surface area contributed by atoms with E-state index >= 15 is 0 Å². The molecule has 1 heterocycles. The lowest BCUT2D eigenvalue weighted by atomic mass is 9.99. The molecule has 0 aliphatic carbocycles. The van der Waals surface area contributed by atoms with E-state index in [-0.39, 0.29) is 21.8 Å². The number of nitrogens with one attached hydrogen (secondary N) is 1. The van der Waals surface area contributed by atoms with Gasteiger partial charge in [-0.2, -0.15) is 4.99 Å². The number of aliphatic hydroxyl groups is 4. The van der Waals surface area contributed by atoms with E-state index in [1.54, 1.807) is 0 Å². The van der Waals surface area contributed by atoms with E-state index in [9.17, 15) is 42.4 Å². The molecule has 1 amide bonds. The van der Waals surface area contributed by atoms with Crippen LogP contribution in [0.1, 0.15) is 12.5 Å². The van der Waals surface area contributed by atoms with E-state index < -0.39 is 76.5 Å². The van der Waals surface area contributed by atoms with Crippen molar-refractivity contribution in [3.05, 3.63) is 59.2 Å². The number of aliphatic imine (C=N–C) groups is 1. The van der Waals surface area contributed by atoms with E-state index in [1.165, 1.54) is 6.92 Å². The van der Waals surface area contributed by atoms with Crippen LogP contribution in [0.15, 0.2) is 51.9 Å². The van der Waals surface area contributed by atoms with Crippen LogP contribution in [-0.2, 0) is 19.6 Å². The molecule has 2 aromatic rings. The highest BCUT2D eigenvalue weighted by atomic mass is 32.2. The smallest absolute Gasteiger partial charge is 0.275 e. The minimum absolute atomic E-state index is 0.00998. The fourth-order valence-corrected chi connectivity index (χ4v) is 4.50. The maximum Gasteiger partial charge on any atom is 0.275 e. The topological polar surface area (TPSA) is 227 Å². The van der Waals surface area contributed by atoms with E-state index in [0.717, 1.165) is 42.5 Å². The number of carbonyl (C=O) groups is 1. The lowest BCUT2D eigenvalue weighted by Gasteiger charge is -2.38. The minimum atomic E-state index is -4.20. The Balaban J connectivity index is 1.69. The first-order valence-electron chi connectivity index (χ1n) is 11.2. The zero-order chi connectivity index (χ0) is 29.1. The van der Waals surface area contributed by atoms with Crippen molar-refractivity contribution >= 4 is 28.0 Å². The van der Waals surface area contributed by atoms with Crippen LogP contribution < -0.4 is 20.9 Å². The standard InChI is InChI=1S/C23H26F2N4O9S/c1-10(21(33)29-23(26)27)6-11-7-14(24)20(15(25)8-11)37-12-2-4-13(5-3-12)39(35,36)28-9-16-17(30)18(31)19(32)22(34)38-16/h2-8,16-19,22,28,30-32,34H,9H2,1H3,(H4,26,27,29,33)/b10-6+/t16-,17-,18+,19-,22?/m1/s1. The van der Waals surface area contributed by atoms with Gasteiger partial charge in [0.25, 0.3) is 5.91 Å². The first-order valence-corrected chi connectivity index (χ1v) is 12.6. The number of amides is 1. The molecule has 1 fully saturated rings. The Morgan fingerprint density at radius 3 is 2.23 bits per heavy atom. The number of carbonyl (C=O) groups excluding carboxylic acids is 1. The van der Waals surface area contributed by atoms with E-state index in [4.69, 9.17) is 20.9 Å². The van der Waals surface area contributed by atoms with Gasteiger partial charge in [-0.1, -0.05) is 0 Å².